The molecule has 160 valence electrons. The smallest absolute Gasteiger partial charge is 0.326 e. The predicted molar refractivity (Wildman–Crippen MR) is 113 cm³/mol. The highest BCUT2D eigenvalue weighted by Crippen LogP contribution is 2.13. The van der Waals surface area contributed by atoms with Crippen molar-refractivity contribution in [2.75, 3.05) is 6.54 Å². The Labute approximate surface area is 166 Å². The van der Waals surface area contributed by atoms with Gasteiger partial charge in [0, 0.05) is 6.42 Å². The van der Waals surface area contributed by atoms with Crippen LogP contribution >= 0.6 is 0 Å². The molecule has 1 atom stereocenters. The summed E-state index contributed by atoms with van der Waals surface area (Å²) in [5.74, 6) is -1.09. The average molecular weight is 385 g/mol. The van der Waals surface area contributed by atoms with E-state index in [1.54, 1.807) is 0 Å². The third-order valence-corrected chi connectivity index (χ3v) is 5.09. The highest BCUT2D eigenvalue weighted by Gasteiger charge is 2.18. The predicted octanol–water partition coefficient (Wildman–Crippen LogP) is 5.17. The molecule has 0 aromatic heterocycles. The molecule has 1 unspecified atom stereocenters. The summed E-state index contributed by atoms with van der Waals surface area (Å²) in [6.45, 7) is 2.81. The Kier molecular flexibility index (Phi) is 18.9. The van der Waals surface area contributed by atoms with Crippen molar-refractivity contribution in [3.63, 3.8) is 0 Å². The van der Waals surface area contributed by atoms with Crippen molar-refractivity contribution in [3.8, 4) is 0 Å². The fourth-order valence-electron chi connectivity index (χ4n) is 3.32. The minimum absolute atomic E-state index is 0.141. The number of unbranched alkanes of at least 4 members (excludes halogenated alkanes) is 13. The van der Waals surface area contributed by atoms with E-state index in [2.05, 4.69) is 12.2 Å². The van der Waals surface area contributed by atoms with Crippen molar-refractivity contribution in [2.24, 2.45) is 5.73 Å². The van der Waals surface area contributed by atoms with Crippen LogP contribution in [0.25, 0.3) is 0 Å². The quantitative estimate of drug-likeness (QED) is 0.253. The molecule has 0 radical (unpaired) electrons. The van der Waals surface area contributed by atoms with Gasteiger partial charge in [-0.3, -0.25) is 4.79 Å². The number of nitrogens with one attached hydrogen (secondary N) is 1. The zero-order valence-corrected chi connectivity index (χ0v) is 17.6. The topological polar surface area (TPSA) is 92.4 Å². The summed E-state index contributed by atoms with van der Waals surface area (Å²) in [5, 5.41) is 11.8. The average Bonchev–Trinajstić information content (AvgIpc) is 2.64. The Morgan fingerprint density at radius 2 is 1.26 bits per heavy atom. The monoisotopic (exact) mass is 384 g/mol. The number of nitrogens with two attached hydrogens (primary N) is 1. The summed E-state index contributed by atoms with van der Waals surface area (Å²) in [5.41, 5.74) is 5.42. The molecule has 0 saturated heterocycles. The molecular formula is C22H44N2O3. The molecule has 1 amide bonds. The van der Waals surface area contributed by atoms with Crippen LogP contribution in [0.3, 0.4) is 0 Å². The summed E-state index contributed by atoms with van der Waals surface area (Å²) in [6.07, 6.45) is 18.9. The minimum Gasteiger partial charge on any atom is -0.480 e. The van der Waals surface area contributed by atoms with Gasteiger partial charge in [0.1, 0.15) is 6.04 Å². The first-order valence-electron chi connectivity index (χ1n) is 11.3. The lowest BCUT2D eigenvalue weighted by Crippen LogP contribution is -2.40. The van der Waals surface area contributed by atoms with Gasteiger partial charge in [-0.15, -0.1) is 0 Å². The van der Waals surface area contributed by atoms with Gasteiger partial charge in [-0.05, 0) is 32.2 Å². The van der Waals surface area contributed by atoms with E-state index in [0.717, 1.165) is 25.7 Å². The maximum absolute atomic E-state index is 11.9. The highest BCUT2D eigenvalue weighted by atomic mass is 16.4. The lowest BCUT2D eigenvalue weighted by Gasteiger charge is -2.14. The number of carboxylic acid groups (broad SMARTS) is 1. The van der Waals surface area contributed by atoms with Gasteiger partial charge in [0.25, 0.3) is 0 Å². The molecule has 27 heavy (non-hydrogen) atoms. The number of amides is 1. The first-order chi connectivity index (χ1) is 13.1. The summed E-state index contributed by atoms with van der Waals surface area (Å²) < 4.78 is 0. The Morgan fingerprint density at radius 3 is 1.70 bits per heavy atom. The van der Waals surface area contributed by atoms with Gasteiger partial charge in [0.15, 0.2) is 0 Å². The van der Waals surface area contributed by atoms with Crippen LogP contribution in [0.5, 0.6) is 0 Å². The lowest BCUT2D eigenvalue weighted by atomic mass is 10.0. The van der Waals surface area contributed by atoms with E-state index in [1.165, 1.54) is 70.6 Å². The molecule has 0 bridgehead atoms. The van der Waals surface area contributed by atoms with Gasteiger partial charge in [-0.2, -0.15) is 0 Å². The van der Waals surface area contributed by atoms with Crippen molar-refractivity contribution in [1.82, 2.24) is 5.32 Å². The molecule has 0 aliphatic carbocycles. The van der Waals surface area contributed by atoms with E-state index < -0.39 is 12.0 Å². The van der Waals surface area contributed by atoms with Crippen molar-refractivity contribution >= 4 is 11.9 Å². The van der Waals surface area contributed by atoms with Gasteiger partial charge in [-0.25, -0.2) is 4.79 Å². The summed E-state index contributed by atoms with van der Waals surface area (Å²) >= 11 is 0. The van der Waals surface area contributed by atoms with Gasteiger partial charge >= 0.3 is 5.97 Å². The summed E-state index contributed by atoms with van der Waals surface area (Å²) in [6, 6.07) is -0.772. The first kappa shape index (κ1) is 25.9. The number of hydrogen-bond acceptors (Lipinski definition) is 3. The zero-order chi connectivity index (χ0) is 20.2. The molecule has 0 heterocycles. The van der Waals surface area contributed by atoms with Crippen molar-refractivity contribution in [2.45, 2.75) is 122 Å². The Hall–Kier alpha value is -1.10. The third-order valence-electron chi connectivity index (χ3n) is 5.09. The third kappa shape index (κ3) is 18.0. The number of carbonyl (C=O) groups is 2. The number of carboxylic acids is 1. The maximum atomic E-state index is 11.9. The highest BCUT2D eigenvalue weighted by molar-refractivity contribution is 5.83. The molecule has 0 saturated carbocycles. The molecule has 5 nitrogen and oxygen atoms in total. The van der Waals surface area contributed by atoms with Gasteiger partial charge in [0.05, 0.1) is 0 Å². The fraction of sp³-hybridized carbons (Fsp3) is 0.909. The number of hydrogen-bond donors (Lipinski definition) is 3. The van der Waals surface area contributed by atoms with Gasteiger partial charge < -0.3 is 16.2 Å². The van der Waals surface area contributed by atoms with E-state index in [0.29, 0.717) is 19.4 Å². The normalized spacial score (nSPS) is 12.1. The Morgan fingerprint density at radius 1 is 0.778 bits per heavy atom. The van der Waals surface area contributed by atoms with Crippen LogP contribution in [0.4, 0.5) is 0 Å². The standard InChI is InChI=1S/C22H44N2O3/c1-2-3-4-5-6-7-8-9-10-11-12-13-14-18-21(25)24-20(22(26)27)17-15-16-19-23/h20H,2-19,23H2,1H3,(H,24,25)(H,26,27). The Bertz CT molecular complexity index is 361. The molecule has 0 spiro atoms. The lowest BCUT2D eigenvalue weighted by molar-refractivity contribution is -0.142. The van der Waals surface area contributed by atoms with E-state index >= 15 is 0 Å². The molecular weight excluding hydrogens is 340 g/mol. The number of aliphatic carboxylic acids is 1. The van der Waals surface area contributed by atoms with Crippen LogP contribution < -0.4 is 11.1 Å². The van der Waals surface area contributed by atoms with Crippen LogP contribution in [0.2, 0.25) is 0 Å². The minimum atomic E-state index is -0.953. The SMILES string of the molecule is CCCCCCCCCCCCCCCC(=O)NC(CCCCN)C(=O)O. The molecule has 0 aliphatic rings. The van der Waals surface area contributed by atoms with Crippen molar-refractivity contribution < 1.29 is 14.7 Å². The maximum Gasteiger partial charge on any atom is 0.326 e. The van der Waals surface area contributed by atoms with Gasteiger partial charge in [-0.1, -0.05) is 84.0 Å². The van der Waals surface area contributed by atoms with Crippen LogP contribution in [0, 0.1) is 0 Å². The van der Waals surface area contributed by atoms with E-state index in [-0.39, 0.29) is 5.91 Å². The number of carbonyl (C=O) groups excluding carboxylic acids is 1. The van der Waals surface area contributed by atoms with E-state index in [4.69, 9.17) is 10.8 Å². The van der Waals surface area contributed by atoms with E-state index in [1.807, 2.05) is 0 Å². The van der Waals surface area contributed by atoms with Crippen LogP contribution in [0.1, 0.15) is 116 Å². The molecule has 0 fully saturated rings. The van der Waals surface area contributed by atoms with Gasteiger partial charge in [0.2, 0.25) is 5.91 Å². The Balaban J connectivity index is 3.47. The zero-order valence-electron chi connectivity index (χ0n) is 17.6. The number of rotatable bonds is 20. The second kappa shape index (κ2) is 19.7. The molecule has 0 aromatic rings. The van der Waals surface area contributed by atoms with Crippen LogP contribution in [-0.4, -0.2) is 29.6 Å². The van der Waals surface area contributed by atoms with E-state index in [9.17, 15) is 9.59 Å². The largest absolute Gasteiger partial charge is 0.480 e. The fourth-order valence-corrected chi connectivity index (χ4v) is 3.32. The van der Waals surface area contributed by atoms with Crippen LogP contribution in [0.15, 0.2) is 0 Å². The van der Waals surface area contributed by atoms with Crippen molar-refractivity contribution in [3.05, 3.63) is 0 Å². The second-order valence-corrected chi connectivity index (χ2v) is 7.74. The molecule has 0 rings (SSSR count). The van der Waals surface area contributed by atoms with Crippen molar-refractivity contribution in [1.29, 1.82) is 0 Å². The first-order valence-corrected chi connectivity index (χ1v) is 11.3. The molecule has 0 aromatic carbocycles. The second-order valence-electron chi connectivity index (χ2n) is 7.74. The molecule has 4 N–H and O–H groups in total. The molecule has 5 heteroatoms. The summed E-state index contributed by atoms with van der Waals surface area (Å²) in [7, 11) is 0. The molecule has 0 aliphatic heterocycles. The van der Waals surface area contributed by atoms with Crippen LogP contribution in [-0.2, 0) is 9.59 Å². The summed E-state index contributed by atoms with van der Waals surface area (Å²) in [4.78, 5) is 23.1.